The molecule has 0 fully saturated rings. The first-order chi connectivity index (χ1) is 15.6. The number of aryl methyl sites for hydroxylation is 1. The van der Waals surface area contributed by atoms with Gasteiger partial charge >= 0.3 is 5.97 Å². The maximum atomic E-state index is 13.0. The van der Waals surface area contributed by atoms with Gasteiger partial charge in [0.1, 0.15) is 5.75 Å². The van der Waals surface area contributed by atoms with E-state index in [1.165, 1.54) is 0 Å². The maximum absolute atomic E-state index is 13.0. The lowest BCUT2D eigenvalue weighted by molar-refractivity contribution is -0.116. The number of rotatable bonds is 3. The molecule has 1 N–H and O–H groups in total. The van der Waals surface area contributed by atoms with Gasteiger partial charge in [-0.3, -0.25) is 4.79 Å². The average molecular weight is 442 g/mol. The molecule has 0 spiro atoms. The third-order valence-corrected chi connectivity index (χ3v) is 7.15. The molecule has 4 nitrogen and oxygen atoms in total. The van der Waals surface area contributed by atoms with Crippen LogP contribution in [0.15, 0.2) is 89.0 Å². The summed E-state index contributed by atoms with van der Waals surface area (Å²) in [6, 6.07) is 23.0. The number of nitrogens with one attached hydrogen (secondary N) is 1. The zero-order valence-corrected chi connectivity index (χ0v) is 18.6. The predicted molar refractivity (Wildman–Crippen MR) is 127 cm³/mol. The van der Waals surface area contributed by atoms with Gasteiger partial charge in [-0.1, -0.05) is 42.0 Å². The Bertz CT molecular complexity index is 1230. The van der Waals surface area contributed by atoms with Crippen LogP contribution < -0.4 is 10.1 Å². The van der Waals surface area contributed by atoms with E-state index in [2.05, 4.69) is 11.4 Å². The molecule has 32 heavy (non-hydrogen) atoms. The minimum Gasteiger partial charge on any atom is -0.423 e. The van der Waals surface area contributed by atoms with Crippen LogP contribution >= 0.6 is 11.8 Å². The van der Waals surface area contributed by atoms with Crippen molar-refractivity contribution in [2.45, 2.75) is 36.3 Å². The third kappa shape index (κ3) is 4.08. The largest absolute Gasteiger partial charge is 0.423 e. The summed E-state index contributed by atoms with van der Waals surface area (Å²) in [7, 11) is 0. The van der Waals surface area contributed by atoms with Crippen molar-refractivity contribution in [3.05, 3.63) is 101 Å². The van der Waals surface area contributed by atoms with E-state index < -0.39 is 5.97 Å². The molecule has 1 aliphatic heterocycles. The molecule has 0 unspecified atom stereocenters. The van der Waals surface area contributed by atoms with Gasteiger partial charge in [0.25, 0.3) is 0 Å². The van der Waals surface area contributed by atoms with Crippen molar-refractivity contribution in [1.82, 2.24) is 0 Å². The number of para-hydroxylation sites is 1. The average Bonchev–Trinajstić information content (AvgIpc) is 2.97. The first-order valence-electron chi connectivity index (χ1n) is 10.8. The number of allylic oxidation sites excluding steroid dienone is 1. The van der Waals surface area contributed by atoms with Crippen LogP contribution in [0, 0.1) is 6.92 Å². The van der Waals surface area contributed by atoms with Gasteiger partial charge in [-0.05, 0) is 61.7 Å². The van der Waals surface area contributed by atoms with Crippen molar-refractivity contribution in [3.63, 3.8) is 0 Å². The van der Waals surface area contributed by atoms with Gasteiger partial charge in [0, 0.05) is 22.6 Å². The summed E-state index contributed by atoms with van der Waals surface area (Å²) >= 11 is 1.66. The summed E-state index contributed by atoms with van der Waals surface area (Å²) in [5.74, 6) is 0.270. The number of benzene rings is 3. The summed E-state index contributed by atoms with van der Waals surface area (Å²) in [4.78, 5) is 26.7. The smallest absolute Gasteiger partial charge is 0.343 e. The molecule has 1 heterocycles. The van der Waals surface area contributed by atoms with Crippen LogP contribution in [0.3, 0.4) is 0 Å². The number of carbonyl (C=O) groups is 2. The number of fused-ring (bicyclic) bond motifs is 1. The SMILES string of the molecule is Cc1ccc(C(=O)Oc2cccc([C@@H]3Sc4ccccc4NC4=C3C(=O)CCC4)c2)cc1. The minimum absolute atomic E-state index is 0.160. The number of carbonyl (C=O) groups excluding carboxylic acids is 2. The Kier molecular flexibility index (Phi) is 5.58. The quantitative estimate of drug-likeness (QED) is 0.372. The van der Waals surface area contributed by atoms with Crippen molar-refractivity contribution < 1.29 is 14.3 Å². The highest BCUT2D eigenvalue weighted by Crippen LogP contribution is 2.49. The van der Waals surface area contributed by atoms with Gasteiger partial charge < -0.3 is 10.1 Å². The summed E-state index contributed by atoms with van der Waals surface area (Å²) in [6.45, 7) is 1.98. The fourth-order valence-corrected chi connectivity index (χ4v) is 5.48. The second kappa shape index (κ2) is 8.67. The van der Waals surface area contributed by atoms with Gasteiger partial charge in [-0.25, -0.2) is 4.79 Å². The Labute approximate surface area is 191 Å². The van der Waals surface area contributed by atoms with Gasteiger partial charge in [0.15, 0.2) is 5.78 Å². The van der Waals surface area contributed by atoms with Crippen LogP contribution in [-0.2, 0) is 4.79 Å². The number of anilines is 1. The summed E-state index contributed by atoms with van der Waals surface area (Å²) in [6.07, 6.45) is 2.28. The number of hydrogen-bond donors (Lipinski definition) is 1. The molecule has 5 heteroatoms. The molecule has 1 atom stereocenters. The standard InChI is InChI=1S/C27H23NO3S/c1-17-12-14-18(15-13-17)27(30)31-20-7-4-6-19(16-20)26-25-22(9-5-10-23(25)29)28-21-8-2-3-11-24(21)32-26/h2-4,6-8,11-16,26,28H,5,9-10H2,1H3/t26-/m0/s1. The molecule has 0 amide bonds. The zero-order valence-electron chi connectivity index (χ0n) is 17.8. The second-order valence-corrected chi connectivity index (χ2v) is 9.26. The van der Waals surface area contributed by atoms with Gasteiger partial charge in [0.05, 0.1) is 16.5 Å². The van der Waals surface area contributed by atoms with Gasteiger partial charge in [-0.2, -0.15) is 0 Å². The van der Waals surface area contributed by atoms with Crippen molar-refractivity contribution in [1.29, 1.82) is 0 Å². The van der Waals surface area contributed by atoms with E-state index in [0.717, 1.165) is 45.8 Å². The van der Waals surface area contributed by atoms with Gasteiger partial charge in [-0.15, -0.1) is 11.8 Å². The van der Waals surface area contributed by atoms with Crippen molar-refractivity contribution >= 4 is 29.2 Å². The van der Waals surface area contributed by atoms with E-state index >= 15 is 0 Å². The van der Waals surface area contributed by atoms with Crippen LogP contribution in [0.4, 0.5) is 5.69 Å². The van der Waals surface area contributed by atoms with E-state index in [1.807, 2.05) is 55.5 Å². The van der Waals surface area contributed by atoms with E-state index in [9.17, 15) is 9.59 Å². The highest BCUT2D eigenvalue weighted by Gasteiger charge is 2.33. The number of Topliss-reactive ketones (excluding diaryl/α,β-unsaturated/α-hetero) is 1. The molecule has 160 valence electrons. The van der Waals surface area contributed by atoms with Crippen molar-refractivity contribution in [2.24, 2.45) is 0 Å². The molecule has 1 aliphatic carbocycles. The molecular formula is C27H23NO3S. The lowest BCUT2D eigenvalue weighted by Crippen LogP contribution is -2.19. The Hall–Kier alpha value is -3.31. The molecule has 0 saturated carbocycles. The molecule has 3 aromatic rings. The van der Waals surface area contributed by atoms with Crippen LogP contribution in [0.25, 0.3) is 0 Å². The fraction of sp³-hybridized carbons (Fsp3) is 0.185. The highest BCUT2D eigenvalue weighted by atomic mass is 32.2. The summed E-state index contributed by atoms with van der Waals surface area (Å²) in [5.41, 5.74) is 5.42. The Morgan fingerprint density at radius 1 is 1.00 bits per heavy atom. The highest BCUT2D eigenvalue weighted by molar-refractivity contribution is 8.00. The molecule has 5 rings (SSSR count). The van der Waals surface area contributed by atoms with Gasteiger partial charge in [0.2, 0.25) is 0 Å². The van der Waals surface area contributed by atoms with E-state index in [0.29, 0.717) is 17.7 Å². The lowest BCUT2D eigenvalue weighted by atomic mass is 9.89. The molecular weight excluding hydrogens is 418 g/mol. The monoisotopic (exact) mass is 441 g/mol. The molecule has 0 radical (unpaired) electrons. The van der Waals surface area contributed by atoms with Crippen LogP contribution in [0.1, 0.15) is 46.0 Å². The van der Waals surface area contributed by atoms with Crippen LogP contribution in [0.2, 0.25) is 0 Å². The molecule has 3 aromatic carbocycles. The fourth-order valence-electron chi connectivity index (χ4n) is 4.15. The van der Waals surface area contributed by atoms with E-state index in [1.54, 1.807) is 30.0 Å². The third-order valence-electron chi connectivity index (χ3n) is 5.79. The van der Waals surface area contributed by atoms with Crippen LogP contribution in [-0.4, -0.2) is 11.8 Å². The first kappa shape index (κ1) is 20.6. The topological polar surface area (TPSA) is 55.4 Å². The zero-order chi connectivity index (χ0) is 22.1. The van der Waals surface area contributed by atoms with E-state index in [-0.39, 0.29) is 11.0 Å². The first-order valence-corrected chi connectivity index (χ1v) is 11.6. The summed E-state index contributed by atoms with van der Waals surface area (Å²) < 4.78 is 5.67. The molecule has 0 saturated heterocycles. The second-order valence-electron chi connectivity index (χ2n) is 8.12. The van der Waals surface area contributed by atoms with E-state index in [4.69, 9.17) is 4.74 Å². The summed E-state index contributed by atoms with van der Waals surface area (Å²) in [5, 5.41) is 3.36. The predicted octanol–water partition coefficient (Wildman–Crippen LogP) is 6.48. The normalized spacial score (nSPS) is 17.7. The minimum atomic E-state index is -0.392. The molecule has 0 bridgehead atoms. The molecule has 0 aromatic heterocycles. The number of esters is 1. The Balaban J connectivity index is 1.49. The number of thioether (sulfide) groups is 1. The maximum Gasteiger partial charge on any atom is 0.343 e. The number of hydrogen-bond acceptors (Lipinski definition) is 5. The Morgan fingerprint density at radius 3 is 2.66 bits per heavy atom. The Morgan fingerprint density at radius 2 is 1.81 bits per heavy atom. The lowest BCUT2D eigenvalue weighted by Gasteiger charge is -2.24. The molecule has 2 aliphatic rings. The van der Waals surface area contributed by atoms with Crippen LogP contribution in [0.5, 0.6) is 5.75 Å². The van der Waals surface area contributed by atoms with Crippen molar-refractivity contribution in [2.75, 3.05) is 5.32 Å². The number of ketones is 1. The van der Waals surface area contributed by atoms with Crippen molar-refractivity contribution in [3.8, 4) is 5.75 Å². The number of ether oxygens (including phenoxy) is 1.